The maximum absolute atomic E-state index is 12.4. The summed E-state index contributed by atoms with van der Waals surface area (Å²) >= 11 is 7.60. The number of carbonyl (C=O) groups excluding carboxylic acids is 1. The number of rotatable bonds is 5. The number of benzene rings is 1. The molecule has 3 rings (SSSR count). The SMILES string of the molecule is Cl.Cl.O=C(Nc1cccnc1SCc1ccccn1)c1ccccc1Cl. The molecule has 136 valence electrons. The first-order valence-electron chi connectivity index (χ1n) is 7.27. The van der Waals surface area contributed by atoms with Crippen molar-refractivity contribution in [3.05, 3.63) is 83.3 Å². The molecule has 4 nitrogen and oxygen atoms in total. The maximum atomic E-state index is 12.4. The first kappa shape index (κ1) is 22.3. The van der Waals surface area contributed by atoms with E-state index in [-0.39, 0.29) is 30.7 Å². The van der Waals surface area contributed by atoms with Crippen LogP contribution < -0.4 is 5.32 Å². The molecule has 1 N–H and O–H groups in total. The number of amides is 1. The minimum absolute atomic E-state index is 0. The highest BCUT2D eigenvalue weighted by atomic mass is 35.5. The topological polar surface area (TPSA) is 54.9 Å². The van der Waals surface area contributed by atoms with Crippen molar-refractivity contribution in [2.45, 2.75) is 10.8 Å². The molecule has 2 heterocycles. The standard InChI is InChI=1S/C18H14ClN3OS.2ClH/c19-15-8-2-1-7-14(15)17(23)22-16-9-5-11-21-18(16)24-12-13-6-3-4-10-20-13;;/h1-11H,12H2,(H,22,23);2*1H. The van der Waals surface area contributed by atoms with E-state index in [1.807, 2.05) is 24.3 Å². The Morgan fingerprint density at radius 2 is 1.69 bits per heavy atom. The summed E-state index contributed by atoms with van der Waals surface area (Å²) in [6.07, 6.45) is 3.46. The summed E-state index contributed by atoms with van der Waals surface area (Å²) in [4.78, 5) is 21.1. The number of nitrogens with one attached hydrogen (secondary N) is 1. The molecule has 1 aromatic carbocycles. The number of aromatic nitrogens is 2. The Kier molecular flexibility index (Phi) is 9.44. The quantitative estimate of drug-likeness (QED) is 0.544. The van der Waals surface area contributed by atoms with Gasteiger partial charge in [-0.05, 0) is 36.4 Å². The lowest BCUT2D eigenvalue weighted by molar-refractivity contribution is 0.102. The normalized spacial score (nSPS) is 9.58. The second-order valence-corrected chi connectivity index (χ2v) is 6.27. The first-order valence-corrected chi connectivity index (χ1v) is 8.64. The molecular formula is C18H16Cl3N3OS. The van der Waals surface area contributed by atoms with Crippen LogP contribution in [0.5, 0.6) is 0 Å². The molecule has 0 saturated heterocycles. The molecule has 8 heteroatoms. The molecule has 0 spiro atoms. The fraction of sp³-hybridized carbons (Fsp3) is 0.0556. The number of hydrogen-bond donors (Lipinski definition) is 1. The Morgan fingerprint density at radius 1 is 0.962 bits per heavy atom. The van der Waals surface area contributed by atoms with E-state index in [0.717, 1.165) is 10.7 Å². The van der Waals surface area contributed by atoms with E-state index in [9.17, 15) is 4.79 Å². The van der Waals surface area contributed by atoms with E-state index in [4.69, 9.17) is 11.6 Å². The molecular weight excluding hydrogens is 413 g/mol. The zero-order valence-corrected chi connectivity index (χ0v) is 16.7. The third-order valence-corrected chi connectivity index (χ3v) is 4.59. The van der Waals surface area contributed by atoms with Crippen LogP contribution in [0.2, 0.25) is 5.02 Å². The van der Waals surface area contributed by atoms with E-state index in [2.05, 4.69) is 15.3 Å². The van der Waals surface area contributed by atoms with Gasteiger partial charge in [-0.25, -0.2) is 4.98 Å². The molecule has 0 radical (unpaired) electrons. The highest BCUT2D eigenvalue weighted by molar-refractivity contribution is 7.98. The Morgan fingerprint density at radius 3 is 2.42 bits per heavy atom. The van der Waals surface area contributed by atoms with Crippen molar-refractivity contribution in [3.63, 3.8) is 0 Å². The van der Waals surface area contributed by atoms with Gasteiger partial charge in [-0.1, -0.05) is 41.6 Å². The predicted octanol–water partition coefficient (Wildman–Crippen LogP) is 5.52. The minimum Gasteiger partial charge on any atom is -0.320 e. The van der Waals surface area contributed by atoms with Crippen LogP contribution in [0.4, 0.5) is 5.69 Å². The largest absolute Gasteiger partial charge is 0.320 e. The lowest BCUT2D eigenvalue weighted by atomic mass is 10.2. The van der Waals surface area contributed by atoms with Crippen LogP contribution in [-0.2, 0) is 5.75 Å². The summed E-state index contributed by atoms with van der Waals surface area (Å²) in [6.45, 7) is 0. The van der Waals surface area contributed by atoms with Gasteiger partial charge in [0.05, 0.1) is 22.0 Å². The minimum atomic E-state index is -0.256. The summed E-state index contributed by atoms with van der Waals surface area (Å²) in [5.74, 6) is 0.417. The molecule has 3 aromatic rings. The smallest absolute Gasteiger partial charge is 0.257 e. The molecule has 1 amide bonds. The lowest BCUT2D eigenvalue weighted by Crippen LogP contribution is -2.13. The van der Waals surface area contributed by atoms with E-state index >= 15 is 0 Å². The van der Waals surface area contributed by atoms with Crippen LogP contribution >= 0.6 is 48.2 Å². The zero-order valence-electron chi connectivity index (χ0n) is 13.5. The van der Waals surface area contributed by atoms with Gasteiger partial charge in [0, 0.05) is 18.1 Å². The fourth-order valence-electron chi connectivity index (χ4n) is 2.06. The molecule has 0 unspecified atom stereocenters. The van der Waals surface area contributed by atoms with Crippen LogP contribution in [-0.4, -0.2) is 15.9 Å². The number of anilines is 1. The van der Waals surface area contributed by atoms with Gasteiger partial charge in [-0.2, -0.15) is 0 Å². The van der Waals surface area contributed by atoms with E-state index in [0.29, 0.717) is 22.0 Å². The van der Waals surface area contributed by atoms with E-state index in [1.165, 1.54) is 11.8 Å². The van der Waals surface area contributed by atoms with Crippen LogP contribution in [0.15, 0.2) is 72.0 Å². The molecule has 2 aromatic heterocycles. The Labute approximate surface area is 173 Å². The number of carbonyl (C=O) groups is 1. The molecule has 0 atom stereocenters. The van der Waals surface area contributed by atoms with Gasteiger partial charge in [0.25, 0.3) is 5.91 Å². The third kappa shape index (κ3) is 5.88. The third-order valence-electron chi connectivity index (χ3n) is 3.22. The Bertz CT molecular complexity index is 850. The zero-order chi connectivity index (χ0) is 16.8. The number of hydrogen-bond acceptors (Lipinski definition) is 4. The highest BCUT2D eigenvalue weighted by Gasteiger charge is 2.13. The number of halogens is 3. The molecule has 0 fully saturated rings. The molecule has 0 bridgehead atoms. The lowest BCUT2D eigenvalue weighted by Gasteiger charge is -2.10. The van der Waals surface area contributed by atoms with Gasteiger partial charge in [-0.15, -0.1) is 24.8 Å². The number of pyridine rings is 2. The molecule has 26 heavy (non-hydrogen) atoms. The van der Waals surface area contributed by atoms with Gasteiger partial charge in [0.2, 0.25) is 0 Å². The number of thioether (sulfide) groups is 1. The fourth-order valence-corrected chi connectivity index (χ4v) is 3.15. The molecule has 0 aliphatic carbocycles. The first-order chi connectivity index (χ1) is 11.7. The number of nitrogens with zero attached hydrogens (tertiary/aromatic N) is 2. The molecule has 0 aliphatic heterocycles. The van der Waals surface area contributed by atoms with Gasteiger partial charge < -0.3 is 5.32 Å². The predicted molar refractivity (Wildman–Crippen MR) is 112 cm³/mol. The van der Waals surface area contributed by atoms with Gasteiger partial charge >= 0.3 is 0 Å². The van der Waals surface area contributed by atoms with Crippen molar-refractivity contribution in [3.8, 4) is 0 Å². The summed E-state index contributed by atoms with van der Waals surface area (Å²) in [7, 11) is 0. The Balaban J connectivity index is 0.00000169. The van der Waals surface area contributed by atoms with Gasteiger partial charge in [0.1, 0.15) is 5.03 Å². The van der Waals surface area contributed by atoms with Crippen molar-refractivity contribution < 1.29 is 4.79 Å². The van der Waals surface area contributed by atoms with Crippen molar-refractivity contribution in [2.24, 2.45) is 0 Å². The van der Waals surface area contributed by atoms with Crippen molar-refractivity contribution in [1.82, 2.24) is 9.97 Å². The highest BCUT2D eigenvalue weighted by Crippen LogP contribution is 2.28. The second kappa shape index (κ2) is 11.0. The molecule has 0 saturated carbocycles. The average Bonchev–Trinajstić information content (AvgIpc) is 2.62. The van der Waals surface area contributed by atoms with Gasteiger partial charge in [0.15, 0.2) is 0 Å². The van der Waals surface area contributed by atoms with E-state index < -0.39 is 0 Å². The summed E-state index contributed by atoms with van der Waals surface area (Å²) < 4.78 is 0. The van der Waals surface area contributed by atoms with Crippen LogP contribution in [0.1, 0.15) is 16.1 Å². The average molecular weight is 429 g/mol. The van der Waals surface area contributed by atoms with Crippen LogP contribution in [0.3, 0.4) is 0 Å². The monoisotopic (exact) mass is 427 g/mol. The van der Waals surface area contributed by atoms with E-state index in [1.54, 1.807) is 42.7 Å². The summed E-state index contributed by atoms with van der Waals surface area (Å²) in [5, 5.41) is 4.03. The maximum Gasteiger partial charge on any atom is 0.257 e. The van der Waals surface area contributed by atoms with Crippen molar-refractivity contribution >= 4 is 59.8 Å². The summed E-state index contributed by atoms with van der Waals surface area (Å²) in [6, 6.07) is 16.3. The second-order valence-electron chi connectivity index (χ2n) is 4.90. The van der Waals surface area contributed by atoms with Crippen molar-refractivity contribution in [2.75, 3.05) is 5.32 Å². The van der Waals surface area contributed by atoms with Gasteiger partial charge in [-0.3, -0.25) is 9.78 Å². The van der Waals surface area contributed by atoms with Crippen LogP contribution in [0.25, 0.3) is 0 Å². The summed E-state index contributed by atoms with van der Waals surface area (Å²) in [5.41, 5.74) is 2.04. The van der Waals surface area contributed by atoms with Crippen LogP contribution in [0, 0.1) is 0 Å². The molecule has 0 aliphatic rings. The Hall–Kier alpha value is -1.79. The van der Waals surface area contributed by atoms with Crippen molar-refractivity contribution in [1.29, 1.82) is 0 Å².